The van der Waals surface area contributed by atoms with E-state index in [1.165, 1.54) is 0 Å². The SMILES string of the molecule is CCCCNC(=O)C(CC)N(CCc1ccccc1)C(=O)COc1ccccc1C(C)(C)C. The minimum atomic E-state index is -0.514. The lowest BCUT2D eigenvalue weighted by Gasteiger charge is -2.31. The van der Waals surface area contributed by atoms with Gasteiger partial charge in [0, 0.05) is 13.1 Å². The molecule has 0 bridgehead atoms. The van der Waals surface area contributed by atoms with E-state index >= 15 is 0 Å². The molecular weight excluding hydrogens is 412 g/mol. The molecule has 2 aromatic rings. The number of para-hydroxylation sites is 1. The Morgan fingerprint density at radius 2 is 1.67 bits per heavy atom. The van der Waals surface area contributed by atoms with Crippen LogP contribution in [0.25, 0.3) is 0 Å². The van der Waals surface area contributed by atoms with Crippen LogP contribution in [0.4, 0.5) is 0 Å². The van der Waals surface area contributed by atoms with Crippen molar-refractivity contribution in [3.63, 3.8) is 0 Å². The minimum absolute atomic E-state index is 0.0950. The molecule has 5 nitrogen and oxygen atoms in total. The van der Waals surface area contributed by atoms with Gasteiger partial charge >= 0.3 is 0 Å². The number of unbranched alkanes of at least 4 members (excludes halogenated alkanes) is 1. The van der Waals surface area contributed by atoms with Crippen molar-refractivity contribution in [2.75, 3.05) is 19.7 Å². The summed E-state index contributed by atoms with van der Waals surface area (Å²) >= 11 is 0. The van der Waals surface area contributed by atoms with Gasteiger partial charge in [0.15, 0.2) is 6.61 Å². The lowest BCUT2D eigenvalue weighted by Crippen LogP contribution is -2.51. The minimum Gasteiger partial charge on any atom is -0.483 e. The van der Waals surface area contributed by atoms with Gasteiger partial charge in [0.25, 0.3) is 5.91 Å². The lowest BCUT2D eigenvalue weighted by molar-refractivity contribution is -0.142. The molecule has 0 fully saturated rings. The highest BCUT2D eigenvalue weighted by atomic mass is 16.5. The standard InChI is InChI=1S/C28H40N2O3/c1-6-8-19-29-27(32)24(7-2)30(20-18-22-14-10-9-11-15-22)26(31)21-33-25-17-13-12-16-23(25)28(3,4)5/h9-17,24H,6-8,18-21H2,1-5H3,(H,29,32). The van der Waals surface area contributed by atoms with Gasteiger partial charge in [-0.05, 0) is 41.9 Å². The Morgan fingerprint density at radius 3 is 2.30 bits per heavy atom. The molecule has 0 aromatic heterocycles. The first-order chi connectivity index (χ1) is 15.8. The summed E-state index contributed by atoms with van der Waals surface area (Å²) in [6.07, 6.45) is 3.17. The Morgan fingerprint density at radius 1 is 1.00 bits per heavy atom. The van der Waals surface area contributed by atoms with E-state index in [-0.39, 0.29) is 23.8 Å². The number of nitrogens with zero attached hydrogens (tertiary/aromatic N) is 1. The third kappa shape index (κ3) is 8.23. The second kappa shape index (κ2) is 13.0. The number of carbonyl (C=O) groups is 2. The third-order valence-corrected chi connectivity index (χ3v) is 5.75. The van der Waals surface area contributed by atoms with Crippen molar-refractivity contribution in [2.45, 2.75) is 71.8 Å². The molecule has 1 unspecified atom stereocenters. The van der Waals surface area contributed by atoms with Gasteiger partial charge < -0.3 is 15.0 Å². The molecule has 2 aromatic carbocycles. The van der Waals surface area contributed by atoms with Gasteiger partial charge in [-0.3, -0.25) is 9.59 Å². The Labute approximate surface area is 199 Å². The highest BCUT2D eigenvalue weighted by molar-refractivity contribution is 5.88. The van der Waals surface area contributed by atoms with Crippen LogP contribution in [0.15, 0.2) is 54.6 Å². The zero-order valence-corrected chi connectivity index (χ0v) is 20.9. The van der Waals surface area contributed by atoms with Gasteiger partial charge in [0.05, 0.1) is 0 Å². The topological polar surface area (TPSA) is 58.6 Å². The van der Waals surface area contributed by atoms with Crippen molar-refractivity contribution in [3.8, 4) is 5.75 Å². The van der Waals surface area contributed by atoms with E-state index in [0.29, 0.717) is 31.7 Å². The summed E-state index contributed by atoms with van der Waals surface area (Å²) in [4.78, 5) is 28.0. The first-order valence-corrected chi connectivity index (χ1v) is 12.1. The fourth-order valence-electron chi connectivity index (χ4n) is 3.84. The van der Waals surface area contributed by atoms with Crippen LogP contribution in [0.3, 0.4) is 0 Å². The average Bonchev–Trinajstić information content (AvgIpc) is 2.80. The van der Waals surface area contributed by atoms with Crippen LogP contribution in [0.1, 0.15) is 65.0 Å². The quantitative estimate of drug-likeness (QED) is 0.454. The lowest BCUT2D eigenvalue weighted by atomic mass is 9.86. The van der Waals surface area contributed by atoms with E-state index in [2.05, 4.69) is 33.0 Å². The first-order valence-electron chi connectivity index (χ1n) is 12.1. The van der Waals surface area contributed by atoms with E-state index in [0.717, 1.165) is 24.0 Å². The monoisotopic (exact) mass is 452 g/mol. The number of amides is 2. The Kier molecular flexibility index (Phi) is 10.4. The van der Waals surface area contributed by atoms with Crippen molar-refractivity contribution in [2.24, 2.45) is 0 Å². The van der Waals surface area contributed by atoms with E-state index < -0.39 is 6.04 Å². The summed E-state index contributed by atoms with van der Waals surface area (Å²) < 4.78 is 6.01. The van der Waals surface area contributed by atoms with Crippen LogP contribution >= 0.6 is 0 Å². The fourth-order valence-corrected chi connectivity index (χ4v) is 3.84. The van der Waals surface area contributed by atoms with E-state index in [1.54, 1.807) is 4.90 Å². The molecular formula is C28H40N2O3. The van der Waals surface area contributed by atoms with Gasteiger partial charge in [-0.15, -0.1) is 0 Å². The Bertz CT molecular complexity index is 874. The Hall–Kier alpha value is -2.82. The summed E-state index contributed by atoms with van der Waals surface area (Å²) in [6.45, 7) is 11.4. The molecule has 1 atom stereocenters. The number of ether oxygens (including phenoxy) is 1. The summed E-state index contributed by atoms with van der Waals surface area (Å²) in [5.74, 6) is 0.441. The van der Waals surface area contributed by atoms with Crippen molar-refractivity contribution >= 4 is 11.8 Å². The molecule has 1 N–H and O–H groups in total. The van der Waals surface area contributed by atoms with Crippen LogP contribution in [0.5, 0.6) is 5.75 Å². The number of hydrogen-bond acceptors (Lipinski definition) is 3. The molecule has 0 saturated heterocycles. The maximum absolute atomic E-state index is 13.4. The van der Waals surface area contributed by atoms with Crippen molar-refractivity contribution in [1.29, 1.82) is 0 Å². The van der Waals surface area contributed by atoms with Crippen molar-refractivity contribution in [1.82, 2.24) is 10.2 Å². The maximum Gasteiger partial charge on any atom is 0.261 e. The van der Waals surface area contributed by atoms with E-state index in [9.17, 15) is 9.59 Å². The summed E-state index contributed by atoms with van der Waals surface area (Å²) in [5.41, 5.74) is 2.09. The van der Waals surface area contributed by atoms with Gasteiger partial charge in [-0.2, -0.15) is 0 Å². The van der Waals surface area contributed by atoms with Crippen molar-refractivity contribution in [3.05, 3.63) is 65.7 Å². The molecule has 0 heterocycles. The predicted molar refractivity (Wildman–Crippen MR) is 134 cm³/mol. The third-order valence-electron chi connectivity index (χ3n) is 5.75. The molecule has 0 aliphatic heterocycles. The summed E-state index contributed by atoms with van der Waals surface area (Å²) in [5, 5.41) is 3.00. The number of rotatable bonds is 12. The number of hydrogen-bond donors (Lipinski definition) is 1. The molecule has 0 radical (unpaired) electrons. The normalized spacial score (nSPS) is 12.2. The number of carbonyl (C=O) groups excluding carboxylic acids is 2. The second-order valence-corrected chi connectivity index (χ2v) is 9.43. The number of nitrogens with one attached hydrogen (secondary N) is 1. The van der Waals surface area contributed by atoms with Crippen LogP contribution in [0, 0.1) is 0 Å². The highest BCUT2D eigenvalue weighted by Crippen LogP contribution is 2.31. The largest absolute Gasteiger partial charge is 0.483 e. The van der Waals surface area contributed by atoms with Crippen LogP contribution < -0.4 is 10.1 Å². The molecule has 0 spiro atoms. The molecule has 2 amide bonds. The van der Waals surface area contributed by atoms with E-state index in [1.807, 2.05) is 61.5 Å². The fraction of sp³-hybridized carbons (Fsp3) is 0.500. The zero-order valence-electron chi connectivity index (χ0n) is 20.9. The molecule has 0 aliphatic rings. The van der Waals surface area contributed by atoms with Crippen LogP contribution in [-0.4, -0.2) is 42.5 Å². The molecule has 180 valence electrons. The van der Waals surface area contributed by atoms with Gasteiger partial charge in [-0.1, -0.05) is 89.6 Å². The smallest absolute Gasteiger partial charge is 0.261 e. The highest BCUT2D eigenvalue weighted by Gasteiger charge is 2.29. The van der Waals surface area contributed by atoms with Crippen LogP contribution in [-0.2, 0) is 21.4 Å². The average molecular weight is 453 g/mol. The molecule has 0 saturated carbocycles. The molecule has 0 aliphatic carbocycles. The summed E-state index contributed by atoms with van der Waals surface area (Å²) in [6, 6.07) is 17.4. The van der Waals surface area contributed by atoms with Gasteiger partial charge in [-0.25, -0.2) is 0 Å². The van der Waals surface area contributed by atoms with Crippen LogP contribution in [0.2, 0.25) is 0 Å². The Balaban J connectivity index is 2.17. The molecule has 5 heteroatoms. The molecule has 33 heavy (non-hydrogen) atoms. The summed E-state index contributed by atoms with van der Waals surface area (Å²) in [7, 11) is 0. The van der Waals surface area contributed by atoms with Gasteiger partial charge in [0.1, 0.15) is 11.8 Å². The van der Waals surface area contributed by atoms with Gasteiger partial charge in [0.2, 0.25) is 5.91 Å². The molecule has 2 rings (SSSR count). The number of benzene rings is 2. The predicted octanol–water partition coefficient (Wildman–Crippen LogP) is 5.13. The zero-order chi connectivity index (χ0) is 24.3. The maximum atomic E-state index is 13.4. The second-order valence-electron chi connectivity index (χ2n) is 9.43. The van der Waals surface area contributed by atoms with E-state index in [4.69, 9.17) is 4.74 Å². The first kappa shape index (κ1) is 26.4. The van der Waals surface area contributed by atoms with Crippen molar-refractivity contribution < 1.29 is 14.3 Å².